The molecule has 2 amide bonds. The summed E-state index contributed by atoms with van der Waals surface area (Å²) in [6.07, 6.45) is 0.293. The highest BCUT2D eigenvalue weighted by Gasteiger charge is 2.33. The molecule has 7 heteroatoms. The molecule has 7 nitrogen and oxygen atoms in total. The summed E-state index contributed by atoms with van der Waals surface area (Å²) in [5.41, 5.74) is 3.78. The van der Waals surface area contributed by atoms with Crippen molar-refractivity contribution in [1.82, 2.24) is 10.6 Å². The molecule has 0 heterocycles. The van der Waals surface area contributed by atoms with E-state index in [0.29, 0.717) is 12.8 Å². The number of aliphatic carboxylic acids is 1. The summed E-state index contributed by atoms with van der Waals surface area (Å²) in [7, 11) is 0. The lowest BCUT2D eigenvalue weighted by atomic mass is 9.86. The van der Waals surface area contributed by atoms with Crippen LogP contribution in [-0.2, 0) is 14.3 Å². The number of amides is 2. The molecule has 0 radical (unpaired) electrons. The number of ether oxygens (including phenoxy) is 1. The number of carbonyl (C=O) groups is 3. The molecule has 3 N–H and O–H groups in total. The standard InChI is InChI=1S/C26H32N2O5/c1-4-26(3,24(31)27-14-13-17(2)23(29)30)16-28-25(32)33-15-22-20-11-7-5-9-18(20)19-10-6-8-12-21(19)22/h5-12,17,22H,4,13-16H2,1-3H3,(H,27,31)(H,28,32)(H,29,30). The first-order valence-electron chi connectivity index (χ1n) is 11.4. The van der Waals surface area contributed by atoms with Crippen LogP contribution in [0, 0.1) is 11.3 Å². The average molecular weight is 453 g/mol. The second-order valence-electron chi connectivity index (χ2n) is 8.88. The molecular formula is C26H32N2O5. The average Bonchev–Trinajstić information content (AvgIpc) is 3.14. The maximum absolute atomic E-state index is 12.7. The van der Waals surface area contributed by atoms with E-state index in [1.165, 1.54) is 0 Å². The van der Waals surface area contributed by atoms with Crippen LogP contribution in [0.5, 0.6) is 0 Å². The summed E-state index contributed by atoms with van der Waals surface area (Å²) in [5, 5.41) is 14.5. The summed E-state index contributed by atoms with van der Waals surface area (Å²) in [6.45, 7) is 5.85. The first-order valence-corrected chi connectivity index (χ1v) is 11.4. The van der Waals surface area contributed by atoms with Crippen molar-refractivity contribution in [2.24, 2.45) is 11.3 Å². The molecule has 0 saturated heterocycles. The number of benzene rings is 2. The number of carbonyl (C=O) groups excluding carboxylic acids is 2. The van der Waals surface area contributed by atoms with Crippen LogP contribution in [0.4, 0.5) is 4.79 Å². The minimum atomic E-state index is -0.889. The predicted molar refractivity (Wildman–Crippen MR) is 126 cm³/mol. The van der Waals surface area contributed by atoms with Crippen LogP contribution in [0.15, 0.2) is 48.5 Å². The molecule has 3 rings (SSSR count). The minimum absolute atomic E-state index is 0.0276. The second kappa shape index (κ2) is 10.5. The van der Waals surface area contributed by atoms with Gasteiger partial charge in [0.2, 0.25) is 5.91 Å². The van der Waals surface area contributed by atoms with Crippen molar-refractivity contribution in [1.29, 1.82) is 0 Å². The van der Waals surface area contributed by atoms with Gasteiger partial charge in [-0.15, -0.1) is 0 Å². The fraction of sp³-hybridized carbons (Fsp3) is 0.423. The SMILES string of the molecule is CCC(C)(CNC(=O)OCC1c2ccccc2-c2ccccc21)C(=O)NCCC(C)C(=O)O. The Balaban J connectivity index is 1.53. The molecule has 2 unspecified atom stereocenters. The number of carboxylic acid groups (broad SMARTS) is 1. The lowest BCUT2D eigenvalue weighted by molar-refractivity contribution is -0.141. The van der Waals surface area contributed by atoms with E-state index in [1.54, 1.807) is 13.8 Å². The number of fused-ring (bicyclic) bond motifs is 3. The third kappa shape index (κ3) is 5.53. The van der Waals surface area contributed by atoms with Gasteiger partial charge in [-0.05, 0) is 42.0 Å². The van der Waals surface area contributed by atoms with E-state index in [1.807, 2.05) is 31.2 Å². The maximum Gasteiger partial charge on any atom is 0.407 e. The largest absolute Gasteiger partial charge is 0.481 e. The molecule has 33 heavy (non-hydrogen) atoms. The van der Waals surface area contributed by atoms with Crippen molar-refractivity contribution in [3.05, 3.63) is 59.7 Å². The van der Waals surface area contributed by atoms with Gasteiger partial charge in [-0.2, -0.15) is 0 Å². The zero-order chi connectivity index (χ0) is 24.0. The van der Waals surface area contributed by atoms with Crippen molar-refractivity contribution in [3.8, 4) is 11.1 Å². The number of alkyl carbamates (subject to hydrolysis) is 1. The highest BCUT2D eigenvalue weighted by molar-refractivity contribution is 5.83. The third-order valence-electron chi connectivity index (χ3n) is 6.58. The molecule has 0 spiro atoms. The molecule has 2 atom stereocenters. The Morgan fingerprint density at radius 2 is 1.61 bits per heavy atom. The highest BCUT2D eigenvalue weighted by atomic mass is 16.5. The molecule has 1 aliphatic rings. The number of hydrogen-bond acceptors (Lipinski definition) is 4. The quantitative estimate of drug-likeness (QED) is 0.502. The van der Waals surface area contributed by atoms with E-state index in [0.717, 1.165) is 22.3 Å². The van der Waals surface area contributed by atoms with Crippen molar-refractivity contribution in [2.75, 3.05) is 19.7 Å². The van der Waals surface area contributed by atoms with E-state index < -0.39 is 23.4 Å². The van der Waals surface area contributed by atoms with Crippen LogP contribution in [0.2, 0.25) is 0 Å². The fourth-order valence-electron chi connectivity index (χ4n) is 4.02. The van der Waals surface area contributed by atoms with Crippen molar-refractivity contribution >= 4 is 18.0 Å². The van der Waals surface area contributed by atoms with Gasteiger partial charge < -0.3 is 20.5 Å². The lowest BCUT2D eigenvalue weighted by Crippen LogP contribution is -2.47. The summed E-state index contributed by atoms with van der Waals surface area (Å²) in [4.78, 5) is 36.0. The smallest absolute Gasteiger partial charge is 0.407 e. The predicted octanol–water partition coefficient (Wildman–Crippen LogP) is 4.17. The van der Waals surface area contributed by atoms with Gasteiger partial charge in [-0.1, -0.05) is 62.4 Å². The van der Waals surface area contributed by atoms with Gasteiger partial charge in [0.1, 0.15) is 6.61 Å². The molecule has 2 aromatic rings. The summed E-state index contributed by atoms with van der Waals surface area (Å²) in [5.74, 6) is -1.67. The van der Waals surface area contributed by atoms with E-state index in [4.69, 9.17) is 9.84 Å². The molecule has 0 fully saturated rings. The summed E-state index contributed by atoms with van der Waals surface area (Å²) >= 11 is 0. The fourth-order valence-corrected chi connectivity index (χ4v) is 4.02. The number of rotatable bonds is 10. The van der Waals surface area contributed by atoms with Crippen LogP contribution >= 0.6 is 0 Å². The second-order valence-corrected chi connectivity index (χ2v) is 8.88. The van der Waals surface area contributed by atoms with Gasteiger partial charge in [0.15, 0.2) is 0 Å². The van der Waals surface area contributed by atoms with Crippen LogP contribution in [0.25, 0.3) is 11.1 Å². The van der Waals surface area contributed by atoms with Crippen molar-refractivity contribution in [3.63, 3.8) is 0 Å². The Morgan fingerprint density at radius 3 is 2.15 bits per heavy atom. The van der Waals surface area contributed by atoms with E-state index in [9.17, 15) is 14.4 Å². The summed E-state index contributed by atoms with van der Waals surface area (Å²) in [6, 6.07) is 16.3. The first-order chi connectivity index (χ1) is 15.8. The van der Waals surface area contributed by atoms with Gasteiger partial charge in [-0.25, -0.2) is 4.79 Å². The third-order valence-corrected chi connectivity index (χ3v) is 6.58. The van der Waals surface area contributed by atoms with Crippen molar-refractivity contribution in [2.45, 2.75) is 39.5 Å². The van der Waals surface area contributed by atoms with E-state index in [-0.39, 0.29) is 31.5 Å². The Kier molecular flexibility index (Phi) is 7.74. The molecule has 1 aliphatic carbocycles. The van der Waals surface area contributed by atoms with Crippen LogP contribution < -0.4 is 10.6 Å². The van der Waals surface area contributed by atoms with Crippen LogP contribution in [-0.4, -0.2) is 42.8 Å². The van der Waals surface area contributed by atoms with E-state index >= 15 is 0 Å². The minimum Gasteiger partial charge on any atom is -0.481 e. The van der Waals surface area contributed by atoms with Gasteiger partial charge in [-0.3, -0.25) is 9.59 Å². The molecule has 0 bridgehead atoms. The molecule has 0 aliphatic heterocycles. The molecule has 2 aromatic carbocycles. The van der Waals surface area contributed by atoms with Gasteiger partial charge in [0.05, 0.1) is 11.3 Å². The lowest BCUT2D eigenvalue weighted by Gasteiger charge is -2.27. The molecule has 176 valence electrons. The van der Waals surface area contributed by atoms with Gasteiger partial charge in [0, 0.05) is 19.0 Å². The zero-order valence-corrected chi connectivity index (χ0v) is 19.4. The topological polar surface area (TPSA) is 105 Å². The Labute approximate surface area is 194 Å². The zero-order valence-electron chi connectivity index (χ0n) is 19.4. The highest BCUT2D eigenvalue weighted by Crippen LogP contribution is 2.44. The van der Waals surface area contributed by atoms with Gasteiger partial charge >= 0.3 is 12.1 Å². The van der Waals surface area contributed by atoms with Crippen LogP contribution in [0.3, 0.4) is 0 Å². The molecule has 0 saturated carbocycles. The Bertz CT molecular complexity index is 976. The molecule has 0 aromatic heterocycles. The van der Waals surface area contributed by atoms with Crippen molar-refractivity contribution < 1.29 is 24.2 Å². The number of nitrogens with one attached hydrogen (secondary N) is 2. The number of carboxylic acids is 1. The number of hydrogen-bond donors (Lipinski definition) is 3. The first kappa shape index (κ1) is 24.3. The van der Waals surface area contributed by atoms with Gasteiger partial charge in [0.25, 0.3) is 0 Å². The Hall–Kier alpha value is -3.35. The van der Waals surface area contributed by atoms with Crippen LogP contribution in [0.1, 0.15) is 50.7 Å². The monoisotopic (exact) mass is 452 g/mol. The normalized spacial score (nSPS) is 15.0. The van der Waals surface area contributed by atoms with E-state index in [2.05, 4.69) is 34.9 Å². The summed E-state index contributed by atoms with van der Waals surface area (Å²) < 4.78 is 5.55. The maximum atomic E-state index is 12.7. The molecular weight excluding hydrogens is 420 g/mol. The Morgan fingerprint density at radius 1 is 1.03 bits per heavy atom.